The minimum Gasteiger partial charge on any atom is -0.355 e. The molecule has 2 N–H and O–H groups in total. The molecule has 2 aromatic carbocycles. The molecule has 3 aromatic heterocycles. The van der Waals surface area contributed by atoms with Crippen molar-refractivity contribution in [3.8, 4) is 16.9 Å². The standard InChI is InChI=1S/C26H23N7O2/c1-17-7-9-20(10-8-17)33-21(14-23(31-33)18-5-3-6-19(13-18)25(34)27-2)15-29-26(35)22-16-30-32-12-4-11-28-24(22)32/h3-14,16H,15H2,1-2H3,(H,27,34)(H,29,35). The van der Waals surface area contributed by atoms with E-state index in [9.17, 15) is 9.59 Å². The molecule has 5 aromatic rings. The van der Waals surface area contributed by atoms with Crippen LogP contribution in [-0.4, -0.2) is 43.2 Å². The number of hydrogen-bond donors (Lipinski definition) is 2. The molecule has 35 heavy (non-hydrogen) atoms. The number of rotatable bonds is 6. The molecule has 9 nitrogen and oxygen atoms in total. The van der Waals surface area contributed by atoms with Gasteiger partial charge in [0.05, 0.1) is 29.8 Å². The van der Waals surface area contributed by atoms with Gasteiger partial charge in [0.15, 0.2) is 5.65 Å². The predicted molar refractivity (Wildman–Crippen MR) is 131 cm³/mol. The largest absolute Gasteiger partial charge is 0.355 e. The highest BCUT2D eigenvalue weighted by Crippen LogP contribution is 2.23. The zero-order chi connectivity index (χ0) is 24.4. The highest BCUT2D eigenvalue weighted by Gasteiger charge is 2.17. The second-order valence-electron chi connectivity index (χ2n) is 8.06. The lowest BCUT2D eigenvalue weighted by Gasteiger charge is -2.09. The lowest BCUT2D eigenvalue weighted by atomic mass is 10.1. The van der Waals surface area contributed by atoms with Crippen LogP contribution >= 0.6 is 0 Å². The number of benzene rings is 2. The Morgan fingerprint density at radius 2 is 1.83 bits per heavy atom. The number of aromatic nitrogens is 5. The minimum absolute atomic E-state index is 0.167. The Kier molecular flexibility index (Phi) is 5.80. The van der Waals surface area contributed by atoms with Crippen LogP contribution in [0.25, 0.3) is 22.6 Å². The maximum Gasteiger partial charge on any atom is 0.257 e. The monoisotopic (exact) mass is 465 g/mol. The fraction of sp³-hybridized carbons (Fsp3) is 0.115. The Labute approximate surface area is 201 Å². The number of nitrogens with one attached hydrogen (secondary N) is 2. The fourth-order valence-corrected chi connectivity index (χ4v) is 3.81. The highest BCUT2D eigenvalue weighted by atomic mass is 16.2. The number of aryl methyl sites for hydroxylation is 1. The van der Waals surface area contributed by atoms with Crippen LogP contribution in [0.1, 0.15) is 32.0 Å². The molecule has 3 heterocycles. The van der Waals surface area contributed by atoms with Crippen molar-refractivity contribution in [2.75, 3.05) is 7.05 Å². The number of amides is 2. The fourth-order valence-electron chi connectivity index (χ4n) is 3.81. The molecular weight excluding hydrogens is 442 g/mol. The molecule has 0 bridgehead atoms. The molecule has 0 fully saturated rings. The van der Waals surface area contributed by atoms with E-state index in [1.165, 1.54) is 6.20 Å². The summed E-state index contributed by atoms with van der Waals surface area (Å²) in [5.41, 5.74) is 5.71. The van der Waals surface area contributed by atoms with Crippen molar-refractivity contribution < 1.29 is 9.59 Å². The smallest absolute Gasteiger partial charge is 0.257 e. The quantitative estimate of drug-likeness (QED) is 0.401. The molecule has 174 valence electrons. The predicted octanol–water partition coefficient (Wildman–Crippen LogP) is 3.18. The lowest BCUT2D eigenvalue weighted by molar-refractivity contribution is 0.0947. The summed E-state index contributed by atoms with van der Waals surface area (Å²) in [6, 6.07) is 18.9. The van der Waals surface area contributed by atoms with E-state index in [0.29, 0.717) is 22.5 Å². The van der Waals surface area contributed by atoms with Gasteiger partial charge in [-0.1, -0.05) is 29.8 Å². The molecule has 2 amide bonds. The van der Waals surface area contributed by atoms with E-state index >= 15 is 0 Å². The molecule has 0 spiro atoms. The summed E-state index contributed by atoms with van der Waals surface area (Å²) in [6.07, 6.45) is 4.87. The van der Waals surface area contributed by atoms with Crippen LogP contribution in [0.15, 0.2) is 79.3 Å². The number of fused-ring (bicyclic) bond motifs is 1. The van der Waals surface area contributed by atoms with Crippen molar-refractivity contribution >= 4 is 17.5 Å². The molecule has 0 aliphatic carbocycles. The Hall–Kier alpha value is -4.79. The van der Waals surface area contributed by atoms with Crippen molar-refractivity contribution in [3.05, 3.63) is 102 Å². The summed E-state index contributed by atoms with van der Waals surface area (Å²) in [5.74, 6) is -0.446. The average Bonchev–Trinajstić information content (AvgIpc) is 3.52. The van der Waals surface area contributed by atoms with Gasteiger partial charge in [0.1, 0.15) is 5.56 Å². The molecule has 5 rings (SSSR count). The van der Waals surface area contributed by atoms with Crippen molar-refractivity contribution in [2.24, 2.45) is 0 Å². The van der Waals surface area contributed by atoms with Crippen LogP contribution < -0.4 is 10.6 Å². The van der Waals surface area contributed by atoms with Crippen molar-refractivity contribution in [3.63, 3.8) is 0 Å². The molecule has 0 atom stereocenters. The zero-order valence-electron chi connectivity index (χ0n) is 19.3. The molecular formula is C26H23N7O2. The van der Waals surface area contributed by atoms with Crippen molar-refractivity contribution in [1.82, 2.24) is 35.0 Å². The van der Waals surface area contributed by atoms with E-state index in [1.54, 1.807) is 46.8 Å². The van der Waals surface area contributed by atoms with Crippen LogP contribution in [0.4, 0.5) is 0 Å². The van der Waals surface area contributed by atoms with Crippen LogP contribution in [0.2, 0.25) is 0 Å². The third-order valence-corrected chi connectivity index (χ3v) is 5.66. The summed E-state index contributed by atoms with van der Waals surface area (Å²) in [6.45, 7) is 2.26. The van der Waals surface area contributed by atoms with Gasteiger partial charge in [-0.3, -0.25) is 9.59 Å². The van der Waals surface area contributed by atoms with Crippen LogP contribution in [0.3, 0.4) is 0 Å². The number of carbonyl (C=O) groups is 2. The first kappa shape index (κ1) is 22.0. The molecule has 0 radical (unpaired) electrons. The van der Waals surface area contributed by atoms with Gasteiger partial charge in [-0.05, 0) is 43.3 Å². The topological polar surface area (TPSA) is 106 Å². The second-order valence-corrected chi connectivity index (χ2v) is 8.06. The maximum atomic E-state index is 12.9. The van der Waals surface area contributed by atoms with Crippen LogP contribution in [0.5, 0.6) is 0 Å². The number of hydrogen-bond acceptors (Lipinski definition) is 5. The Bertz CT molecular complexity index is 1530. The average molecular weight is 466 g/mol. The first-order chi connectivity index (χ1) is 17.0. The van der Waals surface area contributed by atoms with E-state index in [-0.39, 0.29) is 18.4 Å². The van der Waals surface area contributed by atoms with E-state index in [4.69, 9.17) is 5.10 Å². The maximum absolute atomic E-state index is 12.9. The molecule has 0 saturated heterocycles. The Morgan fingerprint density at radius 1 is 1.00 bits per heavy atom. The highest BCUT2D eigenvalue weighted by molar-refractivity contribution is 5.99. The van der Waals surface area contributed by atoms with E-state index in [1.807, 2.05) is 49.4 Å². The third kappa shape index (κ3) is 4.39. The Morgan fingerprint density at radius 3 is 2.63 bits per heavy atom. The van der Waals surface area contributed by atoms with Gasteiger partial charge in [-0.2, -0.15) is 10.2 Å². The van der Waals surface area contributed by atoms with Gasteiger partial charge in [0.2, 0.25) is 0 Å². The summed E-state index contributed by atoms with van der Waals surface area (Å²) < 4.78 is 3.36. The Balaban J connectivity index is 1.48. The van der Waals surface area contributed by atoms with Gasteiger partial charge >= 0.3 is 0 Å². The van der Waals surface area contributed by atoms with Gasteiger partial charge < -0.3 is 10.6 Å². The summed E-state index contributed by atoms with van der Waals surface area (Å²) in [5, 5.41) is 14.6. The van der Waals surface area contributed by atoms with Gasteiger partial charge in [-0.25, -0.2) is 14.2 Å². The second kappa shape index (κ2) is 9.22. The van der Waals surface area contributed by atoms with Crippen molar-refractivity contribution in [2.45, 2.75) is 13.5 Å². The zero-order valence-corrected chi connectivity index (χ0v) is 19.3. The minimum atomic E-state index is -0.279. The van der Waals surface area contributed by atoms with E-state index in [2.05, 4.69) is 20.7 Å². The molecule has 9 heteroatoms. The van der Waals surface area contributed by atoms with Gasteiger partial charge in [0.25, 0.3) is 11.8 Å². The number of nitrogens with zero attached hydrogens (tertiary/aromatic N) is 5. The third-order valence-electron chi connectivity index (χ3n) is 5.66. The summed E-state index contributed by atoms with van der Waals surface area (Å²) in [7, 11) is 1.60. The van der Waals surface area contributed by atoms with E-state index < -0.39 is 0 Å². The molecule has 0 aliphatic rings. The first-order valence-corrected chi connectivity index (χ1v) is 11.1. The first-order valence-electron chi connectivity index (χ1n) is 11.1. The van der Waals surface area contributed by atoms with Gasteiger partial charge in [-0.15, -0.1) is 0 Å². The van der Waals surface area contributed by atoms with Crippen LogP contribution in [-0.2, 0) is 6.54 Å². The SMILES string of the molecule is CNC(=O)c1cccc(-c2cc(CNC(=O)c3cnn4cccnc34)n(-c3ccc(C)cc3)n2)c1. The molecule has 0 saturated carbocycles. The normalized spacial score (nSPS) is 10.9. The summed E-state index contributed by atoms with van der Waals surface area (Å²) >= 11 is 0. The van der Waals surface area contributed by atoms with Crippen molar-refractivity contribution in [1.29, 1.82) is 0 Å². The molecule has 0 unspecified atom stereocenters. The number of carbonyl (C=O) groups excluding carboxylic acids is 2. The summed E-state index contributed by atoms with van der Waals surface area (Å²) in [4.78, 5) is 29.3. The lowest BCUT2D eigenvalue weighted by Crippen LogP contribution is -2.24. The molecule has 0 aliphatic heterocycles. The van der Waals surface area contributed by atoms with Crippen LogP contribution in [0, 0.1) is 6.92 Å². The van der Waals surface area contributed by atoms with Gasteiger partial charge in [0, 0.05) is 30.6 Å². The van der Waals surface area contributed by atoms with E-state index in [0.717, 1.165) is 22.5 Å².